The lowest BCUT2D eigenvalue weighted by atomic mass is 10.2. The zero-order valence-corrected chi connectivity index (χ0v) is 15.1. The number of nitrogens with one attached hydrogen (secondary N) is 1. The molecule has 0 saturated carbocycles. The predicted octanol–water partition coefficient (Wildman–Crippen LogP) is 4.32. The first-order valence-corrected chi connectivity index (χ1v) is 9.10. The van der Waals surface area contributed by atoms with E-state index in [1.807, 2.05) is 25.1 Å². The fourth-order valence-electron chi connectivity index (χ4n) is 2.14. The Morgan fingerprint density at radius 1 is 1.32 bits per heavy atom. The second-order valence-corrected chi connectivity index (χ2v) is 7.98. The van der Waals surface area contributed by atoms with E-state index in [0.29, 0.717) is 15.8 Å². The minimum atomic E-state index is 0.0165. The Bertz CT molecular complexity index is 918. The maximum atomic E-state index is 12.4. The average molecular weight is 372 g/mol. The largest absolute Gasteiger partial charge is 0.346 e. The molecule has 7 heteroatoms. The Labute approximate surface area is 145 Å². The molecule has 3 aromatic rings. The van der Waals surface area contributed by atoms with Gasteiger partial charge in [-0.25, -0.2) is 9.78 Å². The third-order valence-corrected chi connectivity index (χ3v) is 5.95. The average Bonchev–Trinajstić information content (AvgIpc) is 2.83. The van der Waals surface area contributed by atoms with E-state index in [1.54, 1.807) is 40.8 Å². The summed E-state index contributed by atoms with van der Waals surface area (Å²) in [5.41, 5.74) is 1.00. The van der Waals surface area contributed by atoms with Crippen molar-refractivity contribution in [2.24, 2.45) is 7.05 Å². The zero-order valence-electron chi connectivity index (χ0n) is 11.9. The number of aromatic amines is 1. The Morgan fingerprint density at radius 3 is 2.82 bits per heavy atom. The van der Waals surface area contributed by atoms with Gasteiger partial charge in [-0.3, -0.25) is 0 Å². The molecule has 0 spiro atoms. The predicted molar refractivity (Wildman–Crippen MR) is 94.4 cm³/mol. The van der Waals surface area contributed by atoms with Crippen molar-refractivity contribution in [2.45, 2.75) is 17.8 Å². The van der Waals surface area contributed by atoms with Gasteiger partial charge in [0.15, 0.2) is 4.83 Å². The Balaban J connectivity index is 1.93. The number of rotatable bonds is 3. The van der Waals surface area contributed by atoms with Gasteiger partial charge < -0.3 is 0 Å². The molecule has 22 heavy (non-hydrogen) atoms. The summed E-state index contributed by atoms with van der Waals surface area (Å²) in [7, 11) is 1.77. The van der Waals surface area contributed by atoms with Gasteiger partial charge in [0.25, 0.3) is 0 Å². The van der Waals surface area contributed by atoms with Crippen LogP contribution in [0.4, 0.5) is 0 Å². The first-order valence-electron chi connectivity index (χ1n) is 6.55. The summed E-state index contributed by atoms with van der Waals surface area (Å²) >= 11 is 15.2. The Kier molecular flexibility index (Phi) is 4.50. The van der Waals surface area contributed by atoms with E-state index >= 15 is 0 Å². The number of hydrogen-bond acceptors (Lipinski definition) is 3. The summed E-state index contributed by atoms with van der Waals surface area (Å²) in [6, 6.07) is 7.37. The molecule has 2 heterocycles. The molecule has 0 unspecified atom stereocenters. The summed E-state index contributed by atoms with van der Waals surface area (Å²) in [5.74, 6) is 0.662. The molecule has 3 rings (SSSR count). The molecule has 0 bridgehead atoms. The number of aryl methyl sites for hydroxylation is 1. The number of thiophene rings is 1. The van der Waals surface area contributed by atoms with Gasteiger partial charge in [0, 0.05) is 20.7 Å². The third kappa shape index (κ3) is 3.04. The van der Waals surface area contributed by atoms with Crippen LogP contribution in [-0.2, 0) is 12.8 Å². The van der Waals surface area contributed by atoms with E-state index in [2.05, 4.69) is 4.98 Å². The maximum absolute atomic E-state index is 12.4. The Hall–Kier alpha value is -1.01. The standard InChI is InChI=1S/C15H12Cl2N2OS2/c1-8-5-11-13(22-8)18-15(19(2)14(11)20)21-7-9-3-4-10(16)6-12(9)17/h3-6H,7H2,1-2H3/p+1. The van der Waals surface area contributed by atoms with Crippen LogP contribution in [0, 0.1) is 6.92 Å². The van der Waals surface area contributed by atoms with E-state index in [-0.39, 0.29) is 5.56 Å². The third-order valence-electron chi connectivity index (χ3n) is 3.29. The number of aromatic nitrogens is 2. The van der Waals surface area contributed by atoms with Crippen LogP contribution < -0.4 is 10.5 Å². The molecule has 0 aliphatic heterocycles. The second-order valence-electron chi connectivity index (χ2n) is 4.92. The van der Waals surface area contributed by atoms with Crippen molar-refractivity contribution >= 4 is 56.5 Å². The van der Waals surface area contributed by atoms with Crippen molar-refractivity contribution in [2.75, 3.05) is 0 Å². The highest BCUT2D eigenvalue weighted by molar-refractivity contribution is 7.98. The van der Waals surface area contributed by atoms with Crippen LogP contribution in [0.3, 0.4) is 0 Å². The topological polar surface area (TPSA) is 36.1 Å². The van der Waals surface area contributed by atoms with E-state index in [1.165, 1.54) is 0 Å². The van der Waals surface area contributed by atoms with E-state index in [4.69, 9.17) is 23.2 Å². The summed E-state index contributed by atoms with van der Waals surface area (Å²) in [4.78, 5) is 17.7. The van der Waals surface area contributed by atoms with Crippen LogP contribution in [0.2, 0.25) is 10.0 Å². The molecule has 0 radical (unpaired) electrons. The van der Waals surface area contributed by atoms with Crippen molar-refractivity contribution in [3.05, 3.63) is 55.1 Å². The molecular weight excluding hydrogens is 359 g/mol. The van der Waals surface area contributed by atoms with Crippen LogP contribution in [0.25, 0.3) is 10.2 Å². The number of fused-ring (bicyclic) bond motifs is 1. The second kappa shape index (κ2) is 6.24. The van der Waals surface area contributed by atoms with E-state index < -0.39 is 0 Å². The summed E-state index contributed by atoms with van der Waals surface area (Å²) in [5, 5.41) is 2.80. The molecule has 0 aliphatic rings. The zero-order chi connectivity index (χ0) is 15.9. The van der Waals surface area contributed by atoms with Gasteiger partial charge >= 0.3 is 10.7 Å². The molecule has 2 aromatic heterocycles. The fraction of sp³-hybridized carbons (Fsp3) is 0.200. The molecule has 0 atom stereocenters. The lowest BCUT2D eigenvalue weighted by Crippen LogP contribution is -2.26. The van der Waals surface area contributed by atoms with Crippen LogP contribution in [0.5, 0.6) is 0 Å². The quantitative estimate of drug-likeness (QED) is 0.507. The summed E-state index contributed by atoms with van der Waals surface area (Å²) in [6.45, 7) is 2.00. The lowest BCUT2D eigenvalue weighted by molar-refractivity contribution is -0.404. The highest BCUT2D eigenvalue weighted by atomic mass is 35.5. The van der Waals surface area contributed by atoms with Gasteiger partial charge in [-0.15, -0.1) is 0 Å². The van der Waals surface area contributed by atoms with Crippen molar-refractivity contribution in [1.82, 2.24) is 4.57 Å². The maximum Gasteiger partial charge on any atom is 0.346 e. The van der Waals surface area contributed by atoms with Crippen LogP contribution in [0.15, 0.2) is 34.2 Å². The first kappa shape index (κ1) is 15.9. The number of benzene rings is 1. The monoisotopic (exact) mass is 371 g/mol. The highest BCUT2D eigenvalue weighted by Crippen LogP contribution is 2.27. The van der Waals surface area contributed by atoms with Crippen molar-refractivity contribution in [1.29, 1.82) is 0 Å². The van der Waals surface area contributed by atoms with Gasteiger partial charge in [0.2, 0.25) is 0 Å². The highest BCUT2D eigenvalue weighted by Gasteiger charge is 2.18. The number of thioether (sulfide) groups is 1. The van der Waals surface area contributed by atoms with Gasteiger partial charge in [-0.2, -0.15) is 4.57 Å². The van der Waals surface area contributed by atoms with Gasteiger partial charge in [-0.1, -0.05) is 40.6 Å². The van der Waals surface area contributed by atoms with Crippen molar-refractivity contribution < 1.29 is 4.98 Å². The smallest absolute Gasteiger partial charge is 0.241 e. The lowest BCUT2D eigenvalue weighted by Gasteiger charge is -2.04. The first-order chi connectivity index (χ1) is 10.5. The minimum absolute atomic E-state index is 0.0165. The molecule has 0 saturated heterocycles. The molecular formula is C15H13Cl2N2OS2+. The van der Waals surface area contributed by atoms with Crippen LogP contribution in [-0.4, -0.2) is 4.57 Å². The SMILES string of the molecule is Cc1cc2c(=O)n(C)c(SCc3ccc(Cl)cc3Cl)[nH+]c2s1. The molecule has 1 aromatic carbocycles. The Morgan fingerprint density at radius 2 is 2.09 bits per heavy atom. The van der Waals surface area contributed by atoms with Crippen LogP contribution in [0.1, 0.15) is 10.4 Å². The number of hydrogen-bond donors (Lipinski definition) is 0. The summed E-state index contributed by atoms with van der Waals surface area (Å²) in [6.07, 6.45) is 0. The van der Waals surface area contributed by atoms with E-state index in [0.717, 1.165) is 25.8 Å². The van der Waals surface area contributed by atoms with Crippen LogP contribution >= 0.6 is 46.3 Å². The van der Waals surface area contributed by atoms with Crippen molar-refractivity contribution in [3.8, 4) is 0 Å². The minimum Gasteiger partial charge on any atom is -0.241 e. The van der Waals surface area contributed by atoms with Gasteiger partial charge in [0.05, 0.1) is 7.05 Å². The number of H-pyrrole nitrogens is 1. The molecule has 3 nitrogen and oxygen atoms in total. The normalized spacial score (nSPS) is 11.3. The number of halogens is 2. The van der Waals surface area contributed by atoms with Crippen molar-refractivity contribution in [3.63, 3.8) is 0 Å². The molecule has 114 valence electrons. The fourth-order valence-corrected chi connectivity index (χ4v) is 4.65. The number of nitrogens with zero attached hydrogens (tertiary/aromatic N) is 1. The van der Waals surface area contributed by atoms with E-state index in [9.17, 15) is 4.79 Å². The van der Waals surface area contributed by atoms with Gasteiger partial charge in [-0.05, 0) is 42.4 Å². The molecule has 1 N–H and O–H groups in total. The molecule has 0 aliphatic carbocycles. The molecule has 0 amide bonds. The van der Waals surface area contributed by atoms with Gasteiger partial charge in [0.1, 0.15) is 5.39 Å². The molecule has 0 fully saturated rings. The summed E-state index contributed by atoms with van der Waals surface area (Å²) < 4.78 is 1.64.